The highest BCUT2D eigenvalue weighted by atomic mass is 16.5. The van der Waals surface area contributed by atoms with Crippen molar-refractivity contribution >= 4 is 11.8 Å². The lowest BCUT2D eigenvalue weighted by molar-refractivity contribution is -0.138. The summed E-state index contributed by atoms with van der Waals surface area (Å²) in [7, 11) is 1.89. The van der Waals surface area contributed by atoms with Crippen molar-refractivity contribution in [1.29, 1.82) is 0 Å². The molecule has 0 aromatic carbocycles. The first-order chi connectivity index (χ1) is 9.08. The molecule has 0 radical (unpaired) electrons. The van der Waals surface area contributed by atoms with Crippen molar-refractivity contribution in [3.8, 4) is 0 Å². The van der Waals surface area contributed by atoms with Crippen LogP contribution in [-0.2, 0) is 14.3 Å². The minimum absolute atomic E-state index is 0.00638. The molecule has 0 spiro atoms. The van der Waals surface area contributed by atoms with Crippen molar-refractivity contribution in [2.75, 3.05) is 20.2 Å². The first kappa shape index (κ1) is 19.1. The van der Waals surface area contributed by atoms with Crippen LogP contribution in [0.25, 0.3) is 0 Å². The van der Waals surface area contributed by atoms with Crippen molar-refractivity contribution in [2.24, 2.45) is 5.41 Å². The van der Waals surface area contributed by atoms with Crippen LogP contribution in [0.15, 0.2) is 0 Å². The third kappa shape index (κ3) is 9.92. The van der Waals surface area contributed by atoms with Gasteiger partial charge < -0.3 is 15.2 Å². The van der Waals surface area contributed by atoms with Crippen LogP contribution in [0.1, 0.15) is 53.4 Å². The predicted molar refractivity (Wildman–Crippen MR) is 78.8 cm³/mol. The van der Waals surface area contributed by atoms with E-state index in [1.165, 1.54) is 0 Å². The molecule has 0 aromatic rings. The number of nitrogens with one attached hydrogen (secondary N) is 1. The number of ketones is 1. The standard InChI is InChI=1S/C15H29NO4/c1-14(2,10-12(17)6-7-13(18)19)8-9-20-15(3,4)11-16-5/h16H,6-11H2,1-5H3,(H,18,19). The Morgan fingerprint density at radius 3 is 2.25 bits per heavy atom. The van der Waals surface area contributed by atoms with Gasteiger partial charge in [0.1, 0.15) is 5.78 Å². The maximum absolute atomic E-state index is 11.7. The lowest BCUT2D eigenvalue weighted by Crippen LogP contribution is -2.37. The van der Waals surface area contributed by atoms with Gasteiger partial charge in [-0.1, -0.05) is 13.8 Å². The number of likely N-dealkylation sites (N-methyl/N-ethyl adjacent to an activating group) is 1. The van der Waals surface area contributed by atoms with Crippen LogP contribution in [0.5, 0.6) is 0 Å². The maximum Gasteiger partial charge on any atom is 0.303 e. The third-order valence-electron chi connectivity index (χ3n) is 3.17. The van der Waals surface area contributed by atoms with Gasteiger partial charge in [0.15, 0.2) is 0 Å². The Morgan fingerprint density at radius 1 is 1.15 bits per heavy atom. The summed E-state index contributed by atoms with van der Waals surface area (Å²) in [6, 6.07) is 0. The lowest BCUT2D eigenvalue weighted by atomic mass is 9.83. The number of carboxylic acid groups (broad SMARTS) is 1. The Balaban J connectivity index is 4.06. The summed E-state index contributed by atoms with van der Waals surface area (Å²) in [5.74, 6) is -0.916. The van der Waals surface area contributed by atoms with Gasteiger partial charge in [-0.3, -0.25) is 9.59 Å². The fourth-order valence-electron chi connectivity index (χ4n) is 2.04. The van der Waals surface area contributed by atoms with E-state index in [0.717, 1.165) is 13.0 Å². The molecule has 5 heteroatoms. The molecule has 0 bridgehead atoms. The van der Waals surface area contributed by atoms with Crippen molar-refractivity contribution < 1.29 is 19.4 Å². The summed E-state index contributed by atoms with van der Waals surface area (Å²) < 4.78 is 5.82. The van der Waals surface area contributed by atoms with E-state index < -0.39 is 5.97 Å². The fraction of sp³-hybridized carbons (Fsp3) is 0.867. The maximum atomic E-state index is 11.7. The van der Waals surface area contributed by atoms with Crippen LogP contribution < -0.4 is 5.32 Å². The molecule has 0 unspecified atom stereocenters. The highest BCUT2D eigenvalue weighted by Gasteiger charge is 2.24. The van der Waals surface area contributed by atoms with Crippen molar-refractivity contribution in [1.82, 2.24) is 5.32 Å². The summed E-state index contributed by atoms with van der Waals surface area (Å²) in [5.41, 5.74) is -0.385. The largest absolute Gasteiger partial charge is 0.481 e. The van der Waals surface area contributed by atoms with Crippen LogP contribution >= 0.6 is 0 Å². The van der Waals surface area contributed by atoms with Gasteiger partial charge in [-0.25, -0.2) is 0 Å². The molecule has 0 atom stereocenters. The smallest absolute Gasteiger partial charge is 0.303 e. The second-order valence-electron chi connectivity index (χ2n) is 6.66. The molecule has 0 aromatic heterocycles. The number of rotatable bonds is 11. The summed E-state index contributed by atoms with van der Waals surface area (Å²) in [4.78, 5) is 22.1. The van der Waals surface area contributed by atoms with Crippen molar-refractivity contribution in [3.05, 3.63) is 0 Å². The van der Waals surface area contributed by atoms with Gasteiger partial charge in [0.25, 0.3) is 0 Å². The molecule has 0 aliphatic heterocycles. The molecule has 20 heavy (non-hydrogen) atoms. The van der Waals surface area contributed by atoms with E-state index in [1.807, 2.05) is 34.7 Å². The molecule has 0 saturated carbocycles. The summed E-state index contributed by atoms with van der Waals surface area (Å²) >= 11 is 0. The predicted octanol–water partition coefficient (Wildman–Crippen LogP) is 2.24. The highest BCUT2D eigenvalue weighted by Crippen LogP contribution is 2.27. The number of carbonyl (C=O) groups is 2. The Hall–Kier alpha value is -0.940. The second-order valence-corrected chi connectivity index (χ2v) is 6.66. The Morgan fingerprint density at radius 2 is 1.75 bits per heavy atom. The molecular weight excluding hydrogens is 258 g/mol. The average Bonchev–Trinajstić information content (AvgIpc) is 2.24. The van der Waals surface area contributed by atoms with Gasteiger partial charge in [-0.2, -0.15) is 0 Å². The summed E-state index contributed by atoms with van der Waals surface area (Å²) in [5, 5.41) is 11.6. The molecule has 2 N–H and O–H groups in total. The zero-order valence-electron chi connectivity index (χ0n) is 13.4. The van der Waals surface area contributed by atoms with E-state index in [0.29, 0.717) is 13.0 Å². The first-order valence-corrected chi connectivity index (χ1v) is 7.10. The highest BCUT2D eigenvalue weighted by molar-refractivity contribution is 5.82. The van der Waals surface area contributed by atoms with Crippen molar-refractivity contribution in [3.63, 3.8) is 0 Å². The number of hydrogen-bond acceptors (Lipinski definition) is 4. The van der Waals surface area contributed by atoms with Crippen LogP contribution in [0, 0.1) is 5.41 Å². The van der Waals surface area contributed by atoms with Gasteiger partial charge in [0, 0.05) is 26.0 Å². The Bertz CT molecular complexity index is 324. The zero-order valence-corrected chi connectivity index (χ0v) is 13.4. The average molecular weight is 287 g/mol. The number of Topliss-reactive ketones (excluding diaryl/α,β-unsaturated/α-hetero) is 1. The third-order valence-corrected chi connectivity index (χ3v) is 3.17. The van der Waals surface area contributed by atoms with Crippen molar-refractivity contribution in [2.45, 2.75) is 59.0 Å². The second kappa shape index (κ2) is 8.37. The molecule has 0 rings (SSSR count). The molecule has 0 fully saturated rings. The molecule has 0 aliphatic carbocycles. The summed E-state index contributed by atoms with van der Waals surface area (Å²) in [6.45, 7) is 9.43. The van der Waals surface area contributed by atoms with Gasteiger partial charge in [-0.15, -0.1) is 0 Å². The summed E-state index contributed by atoms with van der Waals surface area (Å²) in [6.07, 6.45) is 1.21. The monoisotopic (exact) mass is 287 g/mol. The Kier molecular flexibility index (Phi) is 7.98. The van der Waals surface area contributed by atoms with E-state index in [-0.39, 0.29) is 29.6 Å². The number of hydrogen-bond donors (Lipinski definition) is 2. The van der Waals surface area contributed by atoms with Crippen LogP contribution in [-0.4, -0.2) is 42.7 Å². The molecule has 118 valence electrons. The van der Waals surface area contributed by atoms with Gasteiger partial charge >= 0.3 is 5.97 Å². The molecule has 0 aliphatic rings. The van der Waals surface area contributed by atoms with E-state index in [2.05, 4.69) is 5.32 Å². The first-order valence-electron chi connectivity index (χ1n) is 7.10. The SMILES string of the molecule is CNCC(C)(C)OCCC(C)(C)CC(=O)CCC(=O)O. The normalized spacial score (nSPS) is 12.4. The zero-order chi connectivity index (χ0) is 15.8. The topological polar surface area (TPSA) is 75.6 Å². The number of carbonyl (C=O) groups excluding carboxylic acids is 1. The molecule has 5 nitrogen and oxygen atoms in total. The number of aliphatic carboxylic acids is 1. The molecule has 0 amide bonds. The van der Waals surface area contributed by atoms with Gasteiger partial charge in [-0.05, 0) is 32.7 Å². The molecular formula is C15H29NO4. The number of carboxylic acids is 1. The lowest BCUT2D eigenvalue weighted by Gasteiger charge is -2.29. The minimum Gasteiger partial charge on any atom is -0.481 e. The fourth-order valence-corrected chi connectivity index (χ4v) is 2.04. The number of ether oxygens (including phenoxy) is 1. The Labute approximate surface area is 122 Å². The van der Waals surface area contributed by atoms with Gasteiger partial charge in [0.05, 0.1) is 12.0 Å². The van der Waals surface area contributed by atoms with E-state index in [1.54, 1.807) is 0 Å². The molecule has 0 saturated heterocycles. The van der Waals surface area contributed by atoms with Crippen LogP contribution in [0.4, 0.5) is 0 Å². The van der Waals surface area contributed by atoms with Crippen LogP contribution in [0.3, 0.4) is 0 Å². The van der Waals surface area contributed by atoms with E-state index in [4.69, 9.17) is 9.84 Å². The van der Waals surface area contributed by atoms with E-state index >= 15 is 0 Å². The van der Waals surface area contributed by atoms with E-state index in [9.17, 15) is 9.59 Å². The van der Waals surface area contributed by atoms with Gasteiger partial charge in [0.2, 0.25) is 0 Å². The van der Waals surface area contributed by atoms with Crippen LogP contribution in [0.2, 0.25) is 0 Å². The quantitative estimate of drug-likeness (QED) is 0.609. The molecule has 0 heterocycles. The minimum atomic E-state index is -0.923.